The molecule has 1 aromatic heterocycles. The second-order valence-electron chi connectivity index (χ2n) is 5.21. The molecule has 3 saturated heterocycles. The van der Waals surface area contributed by atoms with E-state index in [0.717, 1.165) is 0 Å². The molecule has 4 heterocycles. The molecule has 4 rings (SSSR count). The van der Waals surface area contributed by atoms with Crippen LogP contribution in [0.15, 0.2) is 9.59 Å². The number of epoxide rings is 3. The summed E-state index contributed by atoms with van der Waals surface area (Å²) in [6.45, 7) is 3.11. The topological polar surface area (TPSA) is 86.5 Å². The van der Waals surface area contributed by atoms with Crippen LogP contribution in [0, 0.1) is 0 Å². The van der Waals surface area contributed by atoms with Crippen molar-refractivity contribution >= 4 is 0 Å². The molecule has 0 spiro atoms. The summed E-state index contributed by atoms with van der Waals surface area (Å²) in [7, 11) is 0. The van der Waals surface area contributed by atoms with Gasteiger partial charge in [0.05, 0.1) is 45.6 Å². The average Bonchev–Trinajstić information content (AvgIpc) is 3.26. The summed E-state index contributed by atoms with van der Waals surface area (Å²) in [5.74, 6) is 0. The van der Waals surface area contributed by atoms with Gasteiger partial charge in [-0.25, -0.2) is 23.5 Å². The molecule has 0 aliphatic carbocycles. The van der Waals surface area contributed by atoms with Gasteiger partial charge in [0.25, 0.3) is 0 Å². The van der Waals surface area contributed by atoms with E-state index in [0.29, 0.717) is 39.5 Å². The molecular formula is C11H15N3O5. The van der Waals surface area contributed by atoms with Gasteiger partial charge in [0.1, 0.15) is 12.2 Å². The average molecular weight is 269 g/mol. The van der Waals surface area contributed by atoms with Gasteiger partial charge in [-0.15, -0.1) is 0 Å². The van der Waals surface area contributed by atoms with E-state index in [1.165, 1.54) is 13.9 Å². The standard InChI is InChI=1S/C11H15N3O5/c15-10-12(1-7-4-17-7)11(16)14(3-9-6-19-9)13(10)2-8-5-18-8/h7-9H,1-6H2/t7-,8-,9-/m1/s1. The van der Waals surface area contributed by atoms with Gasteiger partial charge in [-0.05, 0) is 0 Å². The van der Waals surface area contributed by atoms with Gasteiger partial charge in [-0.3, -0.25) is 0 Å². The van der Waals surface area contributed by atoms with Crippen molar-refractivity contribution in [3.63, 3.8) is 0 Å². The lowest BCUT2D eigenvalue weighted by molar-refractivity contribution is 0.314. The zero-order chi connectivity index (χ0) is 13.0. The molecule has 19 heavy (non-hydrogen) atoms. The second kappa shape index (κ2) is 4.06. The Labute approximate surface area is 108 Å². The molecule has 0 unspecified atom stereocenters. The molecule has 0 saturated carbocycles. The Morgan fingerprint density at radius 3 is 1.53 bits per heavy atom. The second-order valence-corrected chi connectivity index (χ2v) is 5.21. The normalized spacial score (nSPS) is 31.5. The van der Waals surface area contributed by atoms with Gasteiger partial charge in [-0.1, -0.05) is 0 Å². The summed E-state index contributed by atoms with van der Waals surface area (Å²) in [6, 6.07) is 0. The monoisotopic (exact) mass is 269 g/mol. The van der Waals surface area contributed by atoms with E-state index < -0.39 is 0 Å². The first-order chi connectivity index (χ1) is 9.22. The van der Waals surface area contributed by atoms with Crippen LogP contribution in [0.3, 0.4) is 0 Å². The van der Waals surface area contributed by atoms with E-state index in [4.69, 9.17) is 14.2 Å². The fourth-order valence-corrected chi connectivity index (χ4v) is 2.19. The zero-order valence-electron chi connectivity index (χ0n) is 10.4. The fourth-order valence-electron chi connectivity index (χ4n) is 2.19. The Hall–Kier alpha value is -1.38. The van der Waals surface area contributed by atoms with Gasteiger partial charge in [-0.2, -0.15) is 0 Å². The molecule has 3 atom stereocenters. The van der Waals surface area contributed by atoms with Gasteiger partial charge < -0.3 is 14.2 Å². The number of hydrogen-bond acceptors (Lipinski definition) is 5. The minimum absolute atomic E-state index is 0.00375. The quantitative estimate of drug-likeness (QED) is 0.558. The number of hydrogen-bond donors (Lipinski definition) is 0. The van der Waals surface area contributed by atoms with Crippen LogP contribution < -0.4 is 11.4 Å². The Bertz CT molecular complexity index is 557. The van der Waals surface area contributed by atoms with Crippen molar-refractivity contribution in [2.24, 2.45) is 0 Å². The van der Waals surface area contributed by atoms with Crippen molar-refractivity contribution < 1.29 is 14.2 Å². The third kappa shape index (κ3) is 2.26. The van der Waals surface area contributed by atoms with Gasteiger partial charge in [0.15, 0.2) is 0 Å². The van der Waals surface area contributed by atoms with E-state index in [-0.39, 0.29) is 29.7 Å². The highest BCUT2D eigenvalue weighted by atomic mass is 16.6. The minimum atomic E-state index is -0.281. The summed E-state index contributed by atoms with van der Waals surface area (Å²) < 4.78 is 19.6. The molecule has 0 radical (unpaired) electrons. The van der Waals surface area contributed by atoms with Crippen molar-refractivity contribution in [1.29, 1.82) is 0 Å². The third-order valence-electron chi connectivity index (χ3n) is 3.54. The van der Waals surface area contributed by atoms with Crippen LogP contribution in [-0.2, 0) is 33.8 Å². The molecule has 0 amide bonds. The molecule has 0 aromatic carbocycles. The van der Waals surface area contributed by atoms with E-state index in [9.17, 15) is 9.59 Å². The highest BCUT2D eigenvalue weighted by Crippen LogP contribution is 2.14. The molecule has 104 valence electrons. The molecule has 3 aliphatic heterocycles. The molecule has 3 fully saturated rings. The lowest BCUT2D eigenvalue weighted by Crippen LogP contribution is -2.31. The van der Waals surface area contributed by atoms with Crippen molar-refractivity contribution in [3.05, 3.63) is 21.0 Å². The first-order valence-electron chi connectivity index (χ1n) is 6.47. The van der Waals surface area contributed by atoms with Crippen LogP contribution in [0.4, 0.5) is 0 Å². The Kier molecular flexibility index (Phi) is 2.44. The predicted molar refractivity (Wildman–Crippen MR) is 62.2 cm³/mol. The maximum absolute atomic E-state index is 12.3. The van der Waals surface area contributed by atoms with E-state index in [1.54, 1.807) is 0 Å². The molecule has 8 heteroatoms. The van der Waals surface area contributed by atoms with Crippen LogP contribution in [0.5, 0.6) is 0 Å². The maximum Gasteiger partial charge on any atom is 0.347 e. The summed E-state index contributed by atoms with van der Waals surface area (Å²) >= 11 is 0. The van der Waals surface area contributed by atoms with Crippen LogP contribution in [-0.4, -0.2) is 52.1 Å². The summed E-state index contributed by atoms with van der Waals surface area (Å²) in [6.07, 6.45) is 0.108. The Morgan fingerprint density at radius 1 is 0.789 bits per heavy atom. The summed E-state index contributed by atoms with van der Waals surface area (Å²) in [5, 5.41) is 0. The smallest absolute Gasteiger partial charge is 0.347 e. The number of rotatable bonds is 6. The first-order valence-corrected chi connectivity index (χ1v) is 6.47. The summed E-state index contributed by atoms with van der Waals surface area (Å²) in [4.78, 5) is 24.6. The Morgan fingerprint density at radius 2 is 1.16 bits per heavy atom. The molecule has 0 N–H and O–H groups in total. The molecule has 1 aromatic rings. The van der Waals surface area contributed by atoms with E-state index in [2.05, 4.69) is 0 Å². The van der Waals surface area contributed by atoms with Crippen LogP contribution in [0.2, 0.25) is 0 Å². The van der Waals surface area contributed by atoms with Gasteiger partial charge in [0, 0.05) is 0 Å². The molecular weight excluding hydrogens is 254 g/mol. The lowest BCUT2D eigenvalue weighted by Gasteiger charge is -2.05. The molecule has 3 aliphatic rings. The van der Waals surface area contributed by atoms with Crippen molar-refractivity contribution in [1.82, 2.24) is 13.9 Å². The highest BCUT2D eigenvalue weighted by Gasteiger charge is 2.32. The van der Waals surface area contributed by atoms with Crippen LogP contribution >= 0.6 is 0 Å². The number of nitrogens with zero attached hydrogens (tertiary/aromatic N) is 3. The SMILES string of the molecule is O=c1n(C[C@@H]2CO2)c(=O)n(C[C@@H]2CO2)n1C[C@@H]1CO1. The lowest BCUT2D eigenvalue weighted by atomic mass is 10.5. The van der Waals surface area contributed by atoms with Crippen molar-refractivity contribution in [2.75, 3.05) is 19.8 Å². The largest absolute Gasteiger partial charge is 0.371 e. The summed E-state index contributed by atoms with van der Waals surface area (Å²) in [5.41, 5.74) is -0.562. The third-order valence-corrected chi connectivity index (χ3v) is 3.54. The number of ether oxygens (including phenoxy) is 3. The zero-order valence-corrected chi connectivity index (χ0v) is 10.4. The highest BCUT2D eigenvalue weighted by molar-refractivity contribution is 4.84. The van der Waals surface area contributed by atoms with Crippen molar-refractivity contribution in [3.8, 4) is 0 Å². The number of aromatic nitrogens is 3. The Balaban J connectivity index is 1.70. The molecule has 0 bridgehead atoms. The van der Waals surface area contributed by atoms with Crippen molar-refractivity contribution in [2.45, 2.75) is 37.9 Å². The fraction of sp³-hybridized carbons (Fsp3) is 0.818. The van der Waals surface area contributed by atoms with Crippen LogP contribution in [0.25, 0.3) is 0 Å². The first kappa shape index (κ1) is 11.4. The van der Waals surface area contributed by atoms with E-state index >= 15 is 0 Å². The van der Waals surface area contributed by atoms with Crippen LogP contribution in [0.1, 0.15) is 0 Å². The van der Waals surface area contributed by atoms with E-state index in [1.807, 2.05) is 0 Å². The minimum Gasteiger partial charge on any atom is -0.371 e. The van der Waals surface area contributed by atoms with Gasteiger partial charge in [0.2, 0.25) is 0 Å². The molecule has 8 nitrogen and oxygen atoms in total. The maximum atomic E-state index is 12.3. The van der Waals surface area contributed by atoms with Gasteiger partial charge >= 0.3 is 11.4 Å². The predicted octanol–water partition coefficient (Wildman–Crippen LogP) is -1.99.